The molecule has 134 valence electrons. The lowest BCUT2D eigenvalue weighted by atomic mass is 10.1. The number of nitrogens with zero attached hydrogens (tertiary/aromatic N) is 2. The molecule has 2 aromatic heterocycles. The van der Waals surface area contributed by atoms with Gasteiger partial charge in [-0.05, 0) is 29.3 Å². The Hall–Kier alpha value is -3.25. The number of amides is 1. The Kier molecular flexibility index (Phi) is 4.80. The van der Waals surface area contributed by atoms with E-state index in [4.69, 9.17) is 0 Å². The quantitative estimate of drug-likeness (QED) is 0.546. The topological polar surface area (TPSA) is 66.9 Å². The highest BCUT2D eigenvalue weighted by molar-refractivity contribution is 7.21. The average Bonchev–Trinajstić information content (AvgIpc) is 3.18. The Labute approximate surface area is 161 Å². The summed E-state index contributed by atoms with van der Waals surface area (Å²) in [5.74, 6) is 0.729. The van der Waals surface area contributed by atoms with Crippen molar-refractivity contribution < 1.29 is 4.79 Å². The van der Waals surface area contributed by atoms with E-state index in [0.717, 1.165) is 21.6 Å². The molecule has 2 heterocycles. The number of carbonyl (C=O) groups excluding carboxylic acids is 1. The number of rotatable bonds is 5. The summed E-state index contributed by atoms with van der Waals surface area (Å²) in [7, 11) is 1.63. The van der Waals surface area contributed by atoms with Gasteiger partial charge in [-0.25, -0.2) is 9.97 Å². The molecule has 1 amide bonds. The third kappa shape index (κ3) is 3.66. The van der Waals surface area contributed by atoms with Gasteiger partial charge in [0.25, 0.3) is 5.91 Å². The number of anilines is 1. The van der Waals surface area contributed by atoms with Crippen molar-refractivity contribution in [3.63, 3.8) is 0 Å². The molecule has 0 aliphatic heterocycles. The molecule has 0 spiro atoms. The molecule has 0 saturated carbocycles. The maximum absolute atomic E-state index is 11.6. The number of hydrogen-bond acceptors (Lipinski definition) is 5. The standard InChI is InChI=1S/C21H18N4OS/c1-22-20(26)16-9-7-14(8-10-16)12-23-19-17-11-18(15-5-3-2-4-6-15)27-21(17)25-13-24-19/h2-11,13H,12H2,1H3,(H,22,26)(H,23,24,25). The van der Waals surface area contributed by atoms with Gasteiger partial charge in [-0.3, -0.25) is 4.79 Å². The Morgan fingerprint density at radius 1 is 1.04 bits per heavy atom. The van der Waals surface area contributed by atoms with Gasteiger partial charge < -0.3 is 10.6 Å². The maximum Gasteiger partial charge on any atom is 0.251 e. The maximum atomic E-state index is 11.6. The monoisotopic (exact) mass is 374 g/mol. The fourth-order valence-corrected chi connectivity index (χ4v) is 3.85. The van der Waals surface area contributed by atoms with Crippen molar-refractivity contribution >= 4 is 33.3 Å². The van der Waals surface area contributed by atoms with Gasteiger partial charge in [-0.1, -0.05) is 42.5 Å². The summed E-state index contributed by atoms with van der Waals surface area (Å²) in [6, 6.07) is 19.9. The van der Waals surface area contributed by atoms with Crippen LogP contribution in [-0.2, 0) is 6.54 Å². The first-order chi connectivity index (χ1) is 13.2. The zero-order valence-electron chi connectivity index (χ0n) is 14.8. The normalized spacial score (nSPS) is 10.7. The molecular formula is C21H18N4OS. The summed E-state index contributed by atoms with van der Waals surface area (Å²) in [4.78, 5) is 22.6. The van der Waals surface area contributed by atoms with E-state index in [1.807, 2.05) is 42.5 Å². The highest BCUT2D eigenvalue weighted by Gasteiger charge is 2.10. The summed E-state index contributed by atoms with van der Waals surface area (Å²) >= 11 is 1.66. The summed E-state index contributed by atoms with van der Waals surface area (Å²) in [6.07, 6.45) is 1.59. The Morgan fingerprint density at radius 3 is 2.56 bits per heavy atom. The number of fused-ring (bicyclic) bond motifs is 1. The second kappa shape index (κ2) is 7.55. The fourth-order valence-electron chi connectivity index (χ4n) is 2.85. The number of carbonyl (C=O) groups is 1. The van der Waals surface area contributed by atoms with E-state index >= 15 is 0 Å². The number of aromatic nitrogens is 2. The minimum atomic E-state index is -0.0845. The van der Waals surface area contributed by atoms with Crippen molar-refractivity contribution in [1.82, 2.24) is 15.3 Å². The van der Waals surface area contributed by atoms with Crippen LogP contribution in [-0.4, -0.2) is 22.9 Å². The summed E-state index contributed by atoms with van der Waals surface area (Å²) in [6.45, 7) is 0.622. The lowest BCUT2D eigenvalue weighted by molar-refractivity contribution is 0.0963. The number of nitrogens with one attached hydrogen (secondary N) is 2. The Balaban J connectivity index is 1.55. The predicted octanol–water partition coefficient (Wildman–Crippen LogP) is 4.33. The van der Waals surface area contributed by atoms with Crippen molar-refractivity contribution in [2.24, 2.45) is 0 Å². The van der Waals surface area contributed by atoms with Gasteiger partial charge in [0.2, 0.25) is 0 Å². The fraction of sp³-hybridized carbons (Fsp3) is 0.0952. The van der Waals surface area contributed by atoms with Crippen molar-refractivity contribution in [3.05, 3.63) is 78.1 Å². The third-order valence-electron chi connectivity index (χ3n) is 4.29. The minimum Gasteiger partial charge on any atom is -0.365 e. The SMILES string of the molecule is CNC(=O)c1ccc(CNc2ncnc3sc(-c4ccccc4)cc23)cc1. The van der Waals surface area contributed by atoms with Crippen LogP contribution in [0.2, 0.25) is 0 Å². The van der Waals surface area contributed by atoms with Crippen molar-refractivity contribution in [1.29, 1.82) is 0 Å². The Morgan fingerprint density at radius 2 is 1.81 bits per heavy atom. The molecule has 4 rings (SSSR count). The van der Waals surface area contributed by atoms with Crippen LogP contribution in [0.15, 0.2) is 67.0 Å². The van der Waals surface area contributed by atoms with Crippen LogP contribution in [0.25, 0.3) is 20.7 Å². The van der Waals surface area contributed by atoms with Crippen molar-refractivity contribution in [2.75, 3.05) is 12.4 Å². The van der Waals surface area contributed by atoms with Crippen LogP contribution in [0.4, 0.5) is 5.82 Å². The lowest BCUT2D eigenvalue weighted by Gasteiger charge is -2.07. The van der Waals surface area contributed by atoms with Gasteiger partial charge in [0.15, 0.2) is 0 Å². The highest BCUT2D eigenvalue weighted by Crippen LogP contribution is 2.34. The van der Waals surface area contributed by atoms with Crippen LogP contribution in [0, 0.1) is 0 Å². The van der Waals surface area contributed by atoms with E-state index in [0.29, 0.717) is 12.1 Å². The summed E-state index contributed by atoms with van der Waals surface area (Å²) in [5.41, 5.74) is 2.90. The van der Waals surface area contributed by atoms with Crippen molar-refractivity contribution in [3.8, 4) is 10.4 Å². The minimum absolute atomic E-state index is 0.0845. The summed E-state index contributed by atoms with van der Waals surface area (Å²) < 4.78 is 0. The second-order valence-electron chi connectivity index (χ2n) is 6.05. The smallest absolute Gasteiger partial charge is 0.251 e. The van der Waals surface area contributed by atoms with E-state index < -0.39 is 0 Å². The molecule has 0 bridgehead atoms. The van der Waals surface area contributed by atoms with E-state index in [2.05, 4.69) is 38.8 Å². The molecular weight excluding hydrogens is 356 g/mol. The van der Waals surface area contributed by atoms with Gasteiger partial charge >= 0.3 is 0 Å². The van der Waals surface area contributed by atoms with Crippen LogP contribution >= 0.6 is 11.3 Å². The van der Waals surface area contributed by atoms with E-state index in [1.54, 1.807) is 24.7 Å². The number of hydrogen-bond donors (Lipinski definition) is 2. The van der Waals surface area contributed by atoms with Crippen LogP contribution in [0.1, 0.15) is 15.9 Å². The molecule has 0 aliphatic carbocycles. The first-order valence-electron chi connectivity index (χ1n) is 8.59. The molecule has 0 saturated heterocycles. The molecule has 0 unspecified atom stereocenters. The zero-order valence-corrected chi connectivity index (χ0v) is 15.6. The molecule has 27 heavy (non-hydrogen) atoms. The first kappa shape index (κ1) is 17.2. The molecule has 4 aromatic rings. The van der Waals surface area contributed by atoms with E-state index in [-0.39, 0.29) is 5.91 Å². The van der Waals surface area contributed by atoms with Gasteiger partial charge in [0.05, 0.1) is 5.39 Å². The molecule has 0 radical (unpaired) electrons. The van der Waals surface area contributed by atoms with Crippen LogP contribution in [0.3, 0.4) is 0 Å². The number of benzene rings is 2. The van der Waals surface area contributed by atoms with Crippen LogP contribution in [0.5, 0.6) is 0 Å². The van der Waals surface area contributed by atoms with Gasteiger partial charge in [0.1, 0.15) is 17.0 Å². The van der Waals surface area contributed by atoms with E-state index in [9.17, 15) is 4.79 Å². The predicted molar refractivity (Wildman–Crippen MR) is 110 cm³/mol. The second-order valence-corrected chi connectivity index (χ2v) is 7.08. The zero-order chi connectivity index (χ0) is 18.6. The van der Waals surface area contributed by atoms with Gasteiger partial charge in [-0.15, -0.1) is 11.3 Å². The Bertz CT molecular complexity index is 1070. The number of thiophene rings is 1. The molecule has 5 nitrogen and oxygen atoms in total. The van der Waals surface area contributed by atoms with Gasteiger partial charge in [-0.2, -0.15) is 0 Å². The largest absolute Gasteiger partial charge is 0.365 e. The van der Waals surface area contributed by atoms with E-state index in [1.165, 1.54) is 10.4 Å². The molecule has 0 fully saturated rings. The van der Waals surface area contributed by atoms with Crippen molar-refractivity contribution in [2.45, 2.75) is 6.54 Å². The molecule has 6 heteroatoms. The average molecular weight is 374 g/mol. The highest BCUT2D eigenvalue weighted by atomic mass is 32.1. The molecule has 0 atom stereocenters. The molecule has 0 aliphatic rings. The lowest BCUT2D eigenvalue weighted by Crippen LogP contribution is -2.17. The van der Waals surface area contributed by atoms with Gasteiger partial charge in [0, 0.05) is 24.0 Å². The van der Waals surface area contributed by atoms with Crippen LogP contribution < -0.4 is 10.6 Å². The third-order valence-corrected chi connectivity index (χ3v) is 5.38. The summed E-state index contributed by atoms with van der Waals surface area (Å²) in [5, 5.41) is 7.03. The first-order valence-corrected chi connectivity index (χ1v) is 9.41. The molecule has 2 aromatic carbocycles. The molecule has 2 N–H and O–H groups in total.